The first-order valence-corrected chi connectivity index (χ1v) is 9.51. The van der Waals surface area contributed by atoms with Crippen LogP contribution >= 0.6 is 23.2 Å². The molecule has 0 aliphatic rings. The van der Waals surface area contributed by atoms with Gasteiger partial charge in [-0.1, -0.05) is 23.2 Å². The number of hydrogen-bond acceptors (Lipinski definition) is 6. The van der Waals surface area contributed by atoms with Gasteiger partial charge >= 0.3 is 11.9 Å². The number of ether oxygens (including phenoxy) is 2. The van der Waals surface area contributed by atoms with Crippen molar-refractivity contribution in [1.29, 1.82) is 0 Å². The quantitative estimate of drug-likeness (QED) is 0.595. The normalized spacial score (nSPS) is 10.1. The molecular weight excluding hydrogens is 435 g/mol. The van der Waals surface area contributed by atoms with Gasteiger partial charge in [-0.2, -0.15) is 0 Å². The van der Waals surface area contributed by atoms with E-state index in [1.165, 1.54) is 42.5 Å². The van der Waals surface area contributed by atoms with Crippen LogP contribution in [-0.2, 0) is 19.1 Å². The van der Waals surface area contributed by atoms with Crippen molar-refractivity contribution in [1.82, 2.24) is 5.32 Å². The number of carbonyl (C=O) groups is 4. The van der Waals surface area contributed by atoms with E-state index in [4.69, 9.17) is 32.7 Å². The van der Waals surface area contributed by atoms with Crippen LogP contribution in [0.5, 0.6) is 0 Å². The maximum atomic E-state index is 12.0. The third-order valence-corrected chi connectivity index (χ3v) is 4.16. The number of hydrogen-bond donors (Lipinski definition) is 2. The standard InChI is InChI=1S/C20H18Cl2N2O6/c1-2-29-20(28)12-3-6-14(7-4-12)24-17(25)11-30-18(26)10-23-19(27)15-8-5-13(21)9-16(15)22/h3-9H,2,10-11H2,1H3,(H,23,27)(H,24,25). The summed E-state index contributed by atoms with van der Waals surface area (Å²) in [5.74, 6) is -2.44. The molecular formula is C20H18Cl2N2O6. The zero-order valence-corrected chi connectivity index (χ0v) is 17.4. The van der Waals surface area contributed by atoms with E-state index in [1.54, 1.807) is 6.92 Å². The van der Waals surface area contributed by atoms with Gasteiger partial charge in [0, 0.05) is 10.7 Å². The van der Waals surface area contributed by atoms with Gasteiger partial charge in [0.05, 0.1) is 22.8 Å². The lowest BCUT2D eigenvalue weighted by atomic mass is 10.2. The van der Waals surface area contributed by atoms with Crippen LogP contribution in [0.3, 0.4) is 0 Å². The lowest BCUT2D eigenvalue weighted by molar-refractivity contribution is -0.146. The number of amides is 2. The minimum atomic E-state index is -0.804. The Balaban J connectivity index is 1.75. The van der Waals surface area contributed by atoms with Crippen LogP contribution in [0, 0.1) is 0 Å². The van der Waals surface area contributed by atoms with Gasteiger partial charge in [-0.3, -0.25) is 14.4 Å². The molecule has 2 N–H and O–H groups in total. The predicted octanol–water partition coefficient (Wildman–Crippen LogP) is 3.08. The van der Waals surface area contributed by atoms with Crippen LogP contribution < -0.4 is 10.6 Å². The Kier molecular flexibility index (Phi) is 8.64. The lowest BCUT2D eigenvalue weighted by Gasteiger charge is -2.09. The summed E-state index contributed by atoms with van der Waals surface area (Å²) in [6.45, 7) is 0.970. The zero-order chi connectivity index (χ0) is 22.1. The number of halogens is 2. The van der Waals surface area contributed by atoms with E-state index >= 15 is 0 Å². The predicted molar refractivity (Wildman–Crippen MR) is 111 cm³/mol. The minimum absolute atomic E-state index is 0.140. The molecule has 0 saturated carbocycles. The molecule has 0 fully saturated rings. The highest BCUT2D eigenvalue weighted by molar-refractivity contribution is 6.36. The molecule has 0 bridgehead atoms. The molecule has 0 aromatic heterocycles. The number of esters is 2. The fraction of sp³-hybridized carbons (Fsp3) is 0.200. The second-order valence-electron chi connectivity index (χ2n) is 5.81. The maximum Gasteiger partial charge on any atom is 0.338 e. The number of nitrogens with one attached hydrogen (secondary N) is 2. The molecule has 8 nitrogen and oxygen atoms in total. The maximum absolute atomic E-state index is 12.0. The van der Waals surface area contributed by atoms with E-state index in [0.29, 0.717) is 16.3 Å². The monoisotopic (exact) mass is 452 g/mol. The van der Waals surface area contributed by atoms with Crippen molar-refractivity contribution in [2.24, 2.45) is 0 Å². The molecule has 2 rings (SSSR count). The van der Waals surface area contributed by atoms with Crippen LogP contribution in [0.2, 0.25) is 10.0 Å². The van der Waals surface area contributed by atoms with E-state index < -0.39 is 36.9 Å². The van der Waals surface area contributed by atoms with E-state index in [-0.39, 0.29) is 17.2 Å². The van der Waals surface area contributed by atoms with Crippen LogP contribution in [-0.4, -0.2) is 43.5 Å². The summed E-state index contributed by atoms with van der Waals surface area (Å²) in [5.41, 5.74) is 0.908. The molecule has 0 aliphatic carbocycles. The molecule has 30 heavy (non-hydrogen) atoms. The Morgan fingerprint density at radius 2 is 1.67 bits per heavy atom. The summed E-state index contributed by atoms with van der Waals surface area (Å²) in [5, 5.41) is 5.37. The van der Waals surface area contributed by atoms with Gasteiger partial charge in [-0.25, -0.2) is 4.79 Å². The van der Waals surface area contributed by atoms with Gasteiger partial charge in [0.2, 0.25) is 0 Å². The highest BCUT2D eigenvalue weighted by Crippen LogP contribution is 2.20. The average Bonchev–Trinajstić information content (AvgIpc) is 2.71. The first-order chi connectivity index (χ1) is 14.3. The summed E-state index contributed by atoms with van der Waals surface area (Å²) in [6.07, 6.45) is 0. The zero-order valence-electron chi connectivity index (χ0n) is 15.9. The molecule has 0 atom stereocenters. The van der Waals surface area contributed by atoms with Crippen molar-refractivity contribution in [3.63, 3.8) is 0 Å². The summed E-state index contributed by atoms with van der Waals surface area (Å²) >= 11 is 11.7. The summed E-state index contributed by atoms with van der Waals surface area (Å²) in [4.78, 5) is 47.2. The Morgan fingerprint density at radius 3 is 2.30 bits per heavy atom. The van der Waals surface area contributed by atoms with Gasteiger partial charge in [0.15, 0.2) is 6.61 Å². The molecule has 0 heterocycles. The molecule has 2 aromatic rings. The second kappa shape index (κ2) is 11.2. The molecule has 158 valence electrons. The lowest BCUT2D eigenvalue weighted by Crippen LogP contribution is -2.32. The third kappa shape index (κ3) is 7.06. The number of benzene rings is 2. The first kappa shape index (κ1) is 23.2. The average molecular weight is 453 g/mol. The smallest absolute Gasteiger partial charge is 0.338 e. The van der Waals surface area contributed by atoms with E-state index in [1.807, 2.05) is 0 Å². The molecule has 0 unspecified atom stereocenters. The Hall–Kier alpha value is -3.10. The Morgan fingerprint density at radius 1 is 0.967 bits per heavy atom. The Labute approximate surface area is 182 Å². The fourth-order valence-electron chi connectivity index (χ4n) is 2.22. The van der Waals surface area contributed by atoms with Crippen molar-refractivity contribution in [2.45, 2.75) is 6.92 Å². The van der Waals surface area contributed by atoms with Gasteiger partial charge in [-0.15, -0.1) is 0 Å². The van der Waals surface area contributed by atoms with Crippen molar-refractivity contribution in [2.75, 3.05) is 25.1 Å². The van der Waals surface area contributed by atoms with Gasteiger partial charge in [0.25, 0.3) is 11.8 Å². The van der Waals surface area contributed by atoms with Crippen molar-refractivity contribution in [3.8, 4) is 0 Å². The molecule has 0 spiro atoms. The largest absolute Gasteiger partial charge is 0.462 e. The molecule has 2 amide bonds. The number of anilines is 1. The van der Waals surface area contributed by atoms with E-state index in [9.17, 15) is 19.2 Å². The molecule has 0 saturated heterocycles. The Bertz CT molecular complexity index is 947. The second-order valence-corrected chi connectivity index (χ2v) is 6.66. The fourth-order valence-corrected chi connectivity index (χ4v) is 2.71. The number of rotatable bonds is 8. The van der Waals surface area contributed by atoms with Crippen LogP contribution in [0.4, 0.5) is 5.69 Å². The highest BCUT2D eigenvalue weighted by Gasteiger charge is 2.14. The topological polar surface area (TPSA) is 111 Å². The number of carbonyl (C=O) groups excluding carboxylic acids is 4. The molecule has 2 aromatic carbocycles. The van der Waals surface area contributed by atoms with E-state index in [2.05, 4.69) is 10.6 Å². The van der Waals surface area contributed by atoms with Gasteiger partial charge < -0.3 is 20.1 Å². The molecule has 0 aliphatic heterocycles. The molecule has 0 radical (unpaired) electrons. The van der Waals surface area contributed by atoms with Crippen LogP contribution in [0.15, 0.2) is 42.5 Å². The van der Waals surface area contributed by atoms with Crippen LogP contribution in [0.25, 0.3) is 0 Å². The SMILES string of the molecule is CCOC(=O)c1ccc(NC(=O)COC(=O)CNC(=O)c2ccc(Cl)cc2Cl)cc1. The minimum Gasteiger partial charge on any atom is -0.462 e. The van der Waals surface area contributed by atoms with Gasteiger partial charge in [-0.05, 0) is 49.4 Å². The first-order valence-electron chi connectivity index (χ1n) is 8.76. The van der Waals surface area contributed by atoms with Crippen molar-refractivity contribution in [3.05, 3.63) is 63.6 Å². The van der Waals surface area contributed by atoms with Gasteiger partial charge in [0.1, 0.15) is 6.54 Å². The van der Waals surface area contributed by atoms with Crippen molar-refractivity contribution >= 4 is 52.6 Å². The van der Waals surface area contributed by atoms with Crippen LogP contribution in [0.1, 0.15) is 27.6 Å². The van der Waals surface area contributed by atoms with Crippen molar-refractivity contribution < 1.29 is 28.7 Å². The summed E-state index contributed by atoms with van der Waals surface area (Å²) in [7, 11) is 0. The summed E-state index contributed by atoms with van der Waals surface area (Å²) < 4.78 is 9.68. The molecule has 10 heteroatoms. The van der Waals surface area contributed by atoms with E-state index in [0.717, 1.165) is 0 Å². The summed E-state index contributed by atoms with van der Waals surface area (Å²) in [6, 6.07) is 10.3. The third-order valence-electron chi connectivity index (χ3n) is 3.61. The highest BCUT2D eigenvalue weighted by atomic mass is 35.5.